The van der Waals surface area contributed by atoms with E-state index in [0.29, 0.717) is 29.6 Å². The molecule has 4 aromatic rings. The van der Waals surface area contributed by atoms with Gasteiger partial charge in [-0.05, 0) is 48.9 Å². The highest BCUT2D eigenvalue weighted by Crippen LogP contribution is 2.29. The largest absolute Gasteiger partial charge is 0.368 e. The highest BCUT2D eigenvalue weighted by molar-refractivity contribution is 7.99. The van der Waals surface area contributed by atoms with Crippen molar-refractivity contribution in [2.75, 3.05) is 36.8 Å². The maximum Gasteiger partial charge on any atom is 0.233 e. The molecule has 0 radical (unpaired) electrons. The van der Waals surface area contributed by atoms with Crippen LogP contribution in [0.25, 0.3) is 17.1 Å². The third kappa shape index (κ3) is 5.07. The fourth-order valence-corrected chi connectivity index (χ4v) is 5.10. The van der Waals surface area contributed by atoms with Crippen LogP contribution in [0.4, 0.5) is 10.1 Å². The number of halogens is 1. The Morgan fingerprint density at radius 1 is 0.886 bits per heavy atom. The van der Waals surface area contributed by atoms with Gasteiger partial charge in [-0.3, -0.25) is 9.36 Å². The normalized spacial score (nSPS) is 13.8. The Bertz CT molecular complexity index is 1320. The molecule has 1 amide bonds. The van der Waals surface area contributed by atoms with Crippen molar-refractivity contribution in [3.8, 4) is 17.1 Å². The number of carbonyl (C=O) groups excluding carboxylic acids is 1. The zero-order valence-corrected chi connectivity index (χ0v) is 20.3. The number of rotatable bonds is 6. The number of benzene rings is 3. The van der Waals surface area contributed by atoms with Gasteiger partial charge in [0.1, 0.15) is 5.82 Å². The lowest BCUT2D eigenvalue weighted by molar-refractivity contribution is -0.128. The van der Waals surface area contributed by atoms with Crippen molar-refractivity contribution in [2.24, 2.45) is 0 Å². The molecule has 0 aliphatic carbocycles. The molecule has 1 aliphatic heterocycles. The predicted octanol–water partition coefficient (Wildman–Crippen LogP) is 4.82. The molecule has 6 nitrogen and oxygen atoms in total. The minimum Gasteiger partial charge on any atom is -0.368 e. The van der Waals surface area contributed by atoms with E-state index < -0.39 is 0 Å². The molecule has 2 heterocycles. The Balaban J connectivity index is 1.29. The van der Waals surface area contributed by atoms with Crippen LogP contribution in [0.3, 0.4) is 0 Å². The van der Waals surface area contributed by atoms with E-state index in [9.17, 15) is 9.18 Å². The summed E-state index contributed by atoms with van der Waals surface area (Å²) < 4.78 is 16.4. The van der Waals surface area contributed by atoms with E-state index in [1.54, 1.807) is 18.2 Å². The molecule has 1 aliphatic rings. The summed E-state index contributed by atoms with van der Waals surface area (Å²) >= 11 is 1.33. The van der Waals surface area contributed by atoms with Crippen LogP contribution >= 0.6 is 11.8 Å². The van der Waals surface area contributed by atoms with Gasteiger partial charge in [-0.1, -0.05) is 54.2 Å². The first-order valence-electron chi connectivity index (χ1n) is 11.6. The van der Waals surface area contributed by atoms with Gasteiger partial charge in [0.25, 0.3) is 0 Å². The second-order valence-corrected chi connectivity index (χ2v) is 9.39. The quantitative estimate of drug-likeness (QED) is 0.365. The van der Waals surface area contributed by atoms with Crippen molar-refractivity contribution in [1.29, 1.82) is 0 Å². The fourth-order valence-electron chi connectivity index (χ4n) is 4.25. The summed E-state index contributed by atoms with van der Waals surface area (Å²) in [6.45, 7) is 5.06. The summed E-state index contributed by atoms with van der Waals surface area (Å²) in [5.41, 5.74) is 3.62. The Labute approximate surface area is 208 Å². The van der Waals surface area contributed by atoms with Crippen LogP contribution in [0.2, 0.25) is 0 Å². The first-order valence-corrected chi connectivity index (χ1v) is 12.6. The third-order valence-corrected chi connectivity index (χ3v) is 7.00. The molecule has 0 atom stereocenters. The number of piperazine rings is 1. The average Bonchev–Trinajstić information content (AvgIpc) is 3.32. The molecular weight excluding hydrogens is 461 g/mol. The van der Waals surface area contributed by atoms with Crippen LogP contribution in [0, 0.1) is 12.7 Å². The molecule has 0 spiro atoms. The maximum atomic E-state index is 14.6. The van der Waals surface area contributed by atoms with Gasteiger partial charge < -0.3 is 9.80 Å². The molecular formula is C27H26FN5OS. The molecule has 3 aromatic carbocycles. The molecule has 178 valence electrons. The maximum absolute atomic E-state index is 14.6. The zero-order chi connectivity index (χ0) is 24.2. The number of hydrogen-bond acceptors (Lipinski definition) is 5. The summed E-state index contributed by atoms with van der Waals surface area (Å²) in [5.74, 6) is 0.355. The molecule has 5 rings (SSSR count). The lowest BCUT2D eigenvalue weighted by atomic mass is 10.2. The third-order valence-electron chi connectivity index (χ3n) is 6.09. The van der Waals surface area contributed by atoms with Gasteiger partial charge in [-0.2, -0.15) is 0 Å². The van der Waals surface area contributed by atoms with E-state index in [0.717, 1.165) is 18.8 Å². The average molecular weight is 488 g/mol. The Kier molecular flexibility index (Phi) is 6.81. The van der Waals surface area contributed by atoms with Crippen molar-refractivity contribution in [1.82, 2.24) is 19.7 Å². The minimum atomic E-state index is -0.365. The van der Waals surface area contributed by atoms with Crippen LogP contribution in [0.15, 0.2) is 84.0 Å². The van der Waals surface area contributed by atoms with E-state index >= 15 is 0 Å². The summed E-state index contributed by atoms with van der Waals surface area (Å²) in [5, 5.41) is 9.16. The van der Waals surface area contributed by atoms with Crippen molar-refractivity contribution in [2.45, 2.75) is 12.1 Å². The Morgan fingerprint density at radius 2 is 1.60 bits per heavy atom. The van der Waals surface area contributed by atoms with Gasteiger partial charge in [0.15, 0.2) is 11.0 Å². The Hall–Kier alpha value is -3.65. The van der Waals surface area contributed by atoms with Crippen LogP contribution < -0.4 is 4.90 Å². The number of amides is 1. The van der Waals surface area contributed by atoms with Gasteiger partial charge in [0, 0.05) is 37.6 Å². The molecule has 1 fully saturated rings. The Morgan fingerprint density at radius 3 is 2.34 bits per heavy atom. The van der Waals surface area contributed by atoms with E-state index in [-0.39, 0.29) is 17.5 Å². The number of para-hydroxylation sites is 1. The molecule has 0 unspecified atom stereocenters. The number of aromatic nitrogens is 3. The van der Waals surface area contributed by atoms with Gasteiger partial charge in [0.2, 0.25) is 5.91 Å². The number of thioether (sulfide) groups is 1. The van der Waals surface area contributed by atoms with Crippen molar-refractivity contribution in [3.05, 3.63) is 90.2 Å². The molecule has 0 saturated carbocycles. The SMILES string of the molecule is Cc1cccc(N2CCN(C(=O)CSc3nnc(-c4ccccc4F)n3-c3ccccc3)CC2)c1. The first kappa shape index (κ1) is 23.1. The highest BCUT2D eigenvalue weighted by Gasteiger charge is 2.24. The summed E-state index contributed by atoms with van der Waals surface area (Å²) in [7, 11) is 0. The predicted molar refractivity (Wildman–Crippen MR) is 137 cm³/mol. The standard InChI is InChI=1S/C27H26FN5OS/c1-20-8-7-11-22(18-20)31-14-16-32(17-15-31)25(34)19-35-27-30-29-26(23-12-5-6-13-24(23)28)33(27)21-9-3-2-4-10-21/h2-13,18H,14-17,19H2,1H3. The van der Waals surface area contributed by atoms with E-state index in [2.05, 4.69) is 46.3 Å². The molecule has 0 N–H and O–H groups in total. The van der Waals surface area contributed by atoms with Crippen LogP contribution in [0.5, 0.6) is 0 Å². The summed E-state index contributed by atoms with van der Waals surface area (Å²) in [6.07, 6.45) is 0. The van der Waals surface area contributed by atoms with Crippen molar-refractivity contribution < 1.29 is 9.18 Å². The molecule has 8 heteroatoms. The second kappa shape index (κ2) is 10.3. The molecule has 0 bridgehead atoms. The van der Waals surface area contributed by atoms with E-state index in [1.807, 2.05) is 39.8 Å². The number of aryl methyl sites for hydroxylation is 1. The lowest BCUT2D eigenvalue weighted by Crippen LogP contribution is -2.49. The van der Waals surface area contributed by atoms with E-state index in [4.69, 9.17) is 0 Å². The number of carbonyl (C=O) groups is 1. The smallest absolute Gasteiger partial charge is 0.233 e. The van der Waals surface area contributed by atoms with Gasteiger partial charge >= 0.3 is 0 Å². The molecule has 1 saturated heterocycles. The number of nitrogens with zero attached hydrogens (tertiary/aromatic N) is 5. The topological polar surface area (TPSA) is 54.3 Å². The minimum absolute atomic E-state index is 0.0638. The van der Waals surface area contributed by atoms with Crippen molar-refractivity contribution >= 4 is 23.4 Å². The second-order valence-electron chi connectivity index (χ2n) is 8.45. The van der Waals surface area contributed by atoms with Gasteiger partial charge in [0.05, 0.1) is 11.3 Å². The van der Waals surface area contributed by atoms with Crippen LogP contribution in [0.1, 0.15) is 5.56 Å². The number of anilines is 1. The van der Waals surface area contributed by atoms with E-state index in [1.165, 1.54) is 29.1 Å². The lowest BCUT2D eigenvalue weighted by Gasteiger charge is -2.36. The summed E-state index contributed by atoms with van der Waals surface area (Å²) in [6, 6.07) is 24.5. The summed E-state index contributed by atoms with van der Waals surface area (Å²) in [4.78, 5) is 17.2. The number of hydrogen-bond donors (Lipinski definition) is 0. The van der Waals surface area contributed by atoms with Crippen molar-refractivity contribution in [3.63, 3.8) is 0 Å². The molecule has 35 heavy (non-hydrogen) atoms. The zero-order valence-electron chi connectivity index (χ0n) is 19.5. The van der Waals surface area contributed by atoms with Crippen LogP contribution in [-0.4, -0.2) is 57.5 Å². The first-order chi connectivity index (χ1) is 17.1. The van der Waals surface area contributed by atoms with Gasteiger partial charge in [-0.25, -0.2) is 4.39 Å². The fraction of sp³-hybridized carbons (Fsp3) is 0.222. The monoisotopic (exact) mass is 487 g/mol. The van der Waals surface area contributed by atoms with Crippen LogP contribution in [-0.2, 0) is 4.79 Å². The van der Waals surface area contributed by atoms with Gasteiger partial charge in [-0.15, -0.1) is 10.2 Å². The highest BCUT2D eigenvalue weighted by atomic mass is 32.2. The molecule has 1 aromatic heterocycles.